The van der Waals surface area contributed by atoms with E-state index in [2.05, 4.69) is 50.6 Å². The van der Waals surface area contributed by atoms with E-state index in [4.69, 9.17) is 0 Å². The maximum Gasteiger partial charge on any atom is 0.220 e. The van der Waals surface area contributed by atoms with Crippen molar-refractivity contribution in [2.24, 2.45) is 11.8 Å². The summed E-state index contributed by atoms with van der Waals surface area (Å²) < 4.78 is 0. The molecule has 0 spiro atoms. The third-order valence-corrected chi connectivity index (χ3v) is 4.32. The monoisotopic (exact) mass is 413 g/mol. The van der Waals surface area contributed by atoms with Crippen LogP contribution in [0.4, 0.5) is 0 Å². The van der Waals surface area contributed by atoms with Crippen molar-refractivity contribution >= 4 is 17.7 Å². The Kier molecular flexibility index (Phi) is 21.6. The Morgan fingerprint density at radius 3 is 1.41 bits per heavy atom. The molecule has 3 N–H and O–H groups in total. The summed E-state index contributed by atoms with van der Waals surface area (Å²) in [7, 11) is 0. The zero-order valence-electron chi connectivity index (χ0n) is 19.9. The average molecular weight is 414 g/mol. The van der Waals surface area contributed by atoms with Crippen LogP contribution in [0.1, 0.15) is 99.3 Å². The van der Waals surface area contributed by atoms with Crippen LogP contribution < -0.4 is 16.0 Å². The number of hydrogen-bond donors (Lipinski definition) is 3. The van der Waals surface area contributed by atoms with Gasteiger partial charge in [0.05, 0.1) is 0 Å². The first-order chi connectivity index (χ1) is 13.7. The fourth-order valence-corrected chi connectivity index (χ4v) is 2.29. The number of hydrogen-bond acceptors (Lipinski definition) is 3. The van der Waals surface area contributed by atoms with E-state index >= 15 is 0 Å². The highest BCUT2D eigenvalue weighted by molar-refractivity contribution is 5.76. The van der Waals surface area contributed by atoms with Crippen LogP contribution in [0.5, 0.6) is 0 Å². The quantitative estimate of drug-likeness (QED) is 0.352. The summed E-state index contributed by atoms with van der Waals surface area (Å²) in [6, 6.07) is 0. The highest BCUT2D eigenvalue weighted by Crippen LogP contribution is 2.03. The average Bonchev–Trinajstić information content (AvgIpc) is 2.68. The number of unbranched alkanes of at least 4 members (excludes halogenated alkanes) is 2. The Morgan fingerprint density at radius 1 is 0.621 bits per heavy atom. The predicted molar refractivity (Wildman–Crippen MR) is 122 cm³/mol. The van der Waals surface area contributed by atoms with Crippen molar-refractivity contribution in [3.63, 3.8) is 0 Å². The number of nitrogens with one attached hydrogen (secondary N) is 3. The number of carbonyl (C=O) groups is 3. The molecule has 0 aromatic rings. The Bertz CT molecular complexity index is 424. The van der Waals surface area contributed by atoms with Crippen LogP contribution in [-0.4, -0.2) is 37.4 Å². The highest BCUT2D eigenvalue weighted by Gasteiger charge is 2.03. The molecular formula is C23H47N3O3. The van der Waals surface area contributed by atoms with Crippen molar-refractivity contribution in [3.8, 4) is 0 Å². The standard InChI is InChI=1S/C12H24N2O2.C11H23NO/c1-4-11(15)13-8-5-9-14-12(16)7-6-10(2)3;1-4-5-6-9-12-11(13)8-7-10(2)3/h10H,4-9H2,1-3H3,(H,13,15)(H,14,16);10H,4-9H2,1-3H3,(H,12,13). The zero-order chi connectivity index (χ0) is 22.5. The molecular weight excluding hydrogens is 366 g/mol. The highest BCUT2D eigenvalue weighted by atomic mass is 16.2. The van der Waals surface area contributed by atoms with Gasteiger partial charge in [-0.2, -0.15) is 0 Å². The maximum atomic E-state index is 11.3. The largest absolute Gasteiger partial charge is 0.356 e. The summed E-state index contributed by atoms with van der Waals surface area (Å²) in [6.07, 6.45) is 8.05. The molecule has 3 amide bonds. The van der Waals surface area contributed by atoms with Crippen LogP contribution in [0.25, 0.3) is 0 Å². The molecule has 0 rings (SSSR count). The van der Waals surface area contributed by atoms with Gasteiger partial charge in [0, 0.05) is 38.9 Å². The molecule has 172 valence electrons. The van der Waals surface area contributed by atoms with Crippen molar-refractivity contribution < 1.29 is 14.4 Å². The van der Waals surface area contributed by atoms with Crippen molar-refractivity contribution in [1.29, 1.82) is 0 Å². The van der Waals surface area contributed by atoms with Gasteiger partial charge in [-0.1, -0.05) is 54.4 Å². The fraction of sp³-hybridized carbons (Fsp3) is 0.870. The second-order valence-electron chi connectivity index (χ2n) is 8.33. The smallest absolute Gasteiger partial charge is 0.220 e. The van der Waals surface area contributed by atoms with Crippen molar-refractivity contribution in [2.75, 3.05) is 19.6 Å². The Hall–Kier alpha value is -1.59. The lowest BCUT2D eigenvalue weighted by molar-refractivity contribution is -0.122. The van der Waals surface area contributed by atoms with Crippen LogP contribution in [-0.2, 0) is 14.4 Å². The van der Waals surface area contributed by atoms with Gasteiger partial charge in [0.1, 0.15) is 0 Å². The van der Waals surface area contributed by atoms with Gasteiger partial charge in [-0.3, -0.25) is 14.4 Å². The molecule has 0 heterocycles. The molecule has 0 aliphatic rings. The van der Waals surface area contributed by atoms with Gasteiger partial charge in [-0.25, -0.2) is 0 Å². The van der Waals surface area contributed by atoms with Gasteiger partial charge in [-0.15, -0.1) is 0 Å². The fourth-order valence-electron chi connectivity index (χ4n) is 2.29. The third-order valence-electron chi connectivity index (χ3n) is 4.32. The molecule has 6 heteroatoms. The van der Waals surface area contributed by atoms with Gasteiger partial charge in [0.2, 0.25) is 17.7 Å². The number of rotatable bonds is 15. The van der Waals surface area contributed by atoms with E-state index in [1.807, 2.05) is 6.92 Å². The summed E-state index contributed by atoms with van der Waals surface area (Å²) in [6.45, 7) is 14.6. The minimum absolute atomic E-state index is 0.0612. The number of amides is 3. The molecule has 0 aromatic heterocycles. The summed E-state index contributed by atoms with van der Waals surface area (Å²) >= 11 is 0. The minimum atomic E-state index is 0.0612. The molecule has 0 aliphatic carbocycles. The van der Waals surface area contributed by atoms with Gasteiger partial charge >= 0.3 is 0 Å². The lowest BCUT2D eigenvalue weighted by Gasteiger charge is -2.07. The Labute approximate surface area is 179 Å². The molecule has 0 saturated heterocycles. The summed E-state index contributed by atoms with van der Waals surface area (Å²) in [5.74, 6) is 1.57. The van der Waals surface area contributed by atoms with Gasteiger partial charge in [-0.05, 0) is 37.5 Å². The minimum Gasteiger partial charge on any atom is -0.356 e. The van der Waals surface area contributed by atoms with E-state index in [9.17, 15) is 14.4 Å². The first-order valence-corrected chi connectivity index (χ1v) is 11.5. The maximum absolute atomic E-state index is 11.3. The first-order valence-electron chi connectivity index (χ1n) is 11.5. The third kappa shape index (κ3) is 26.4. The van der Waals surface area contributed by atoms with E-state index in [0.717, 1.165) is 32.2 Å². The van der Waals surface area contributed by atoms with Gasteiger partial charge < -0.3 is 16.0 Å². The van der Waals surface area contributed by atoms with E-state index in [1.54, 1.807) is 0 Å². The Balaban J connectivity index is 0. The topological polar surface area (TPSA) is 87.3 Å². The summed E-state index contributed by atoms with van der Waals surface area (Å²) in [5, 5.41) is 8.54. The molecule has 0 radical (unpaired) electrons. The molecule has 0 bridgehead atoms. The molecule has 6 nitrogen and oxygen atoms in total. The van der Waals surface area contributed by atoms with Gasteiger partial charge in [0.15, 0.2) is 0 Å². The molecule has 0 fully saturated rings. The lowest BCUT2D eigenvalue weighted by Crippen LogP contribution is -2.29. The molecule has 0 atom stereocenters. The second kappa shape index (κ2) is 21.1. The molecule has 29 heavy (non-hydrogen) atoms. The predicted octanol–water partition coefficient (Wildman–Crippen LogP) is 4.18. The molecule has 0 unspecified atom stereocenters. The Morgan fingerprint density at radius 2 is 1.03 bits per heavy atom. The van der Waals surface area contributed by atoms with Crippen LogP contribution in [0.3, 0.4) is 0 Å². The van der Waals surface area contributed by atoms with Crippen molar-refractivity contribution in [2.45, 2.75) is 99.3 Å². The van der Waals surface area contributed by atoms with Crippen LogP contribution in [0, 0.1) is 11.8 Å². The first kappa shape index (κ1) is 29.6. The van der Waals surface area contributed by atoms with Crippen LogP contribution >= 0.6 is 0 Å². The second-order valence-corrected chi connectivity index (χ2v) is 8.33. The molecule has 0 aromatic carbocycles. The summed E-state index contributed by atoms with van der Waals surface area (Å²) in [4.78, 5) is 33.4. The van der Waals surface area contributed by atoms with Crippen LogP contribution in [0.15, 0.2) is 0 Å². The lowest BCUT2D eigenvalue weighted by atomic mass is 10.1. The molecule has 0 saturated carbocycles. The van der Waals surface area contributed by atoms with E-state index in [0.29, 0.717) is 44.2 Å². The van der Waals surface area contributed by atoms with Gasteiger partial charge in [0.25, 0.3) is 0 Å². The van der Waals surface area contributed by atoms with Crippen LogP contribution in [0.2, 0.25) is 0 Å². The number of carbonyl (C=O) groups excluding carboxylic acids is 3. The SMILES string of the molecule is CCC(=O)NCCCNC(=O)CCC(C)C.CCCCCNC(=O)CCC(C)C. The zero-order valence-corrected chi connectivity index (χ0v) is 19.9. The normalized spacial score (nSPS) is 10.3. The van der Waals surface area contributed by atoms with E-state index in [-0.39, 0.29) is 17.7 Å². The van der Waals surface area contributed by atoms with E-state index in [1.165, 1.54) is 12.8 Å². The van der Waals surface area contributed by atoms with Crippen molar-refractivity contribution in [1.82, 2.24) is 16.0 Å². The van der Waals surface area contributed by atoms with Crippen molar-refractivity contribution in [3.05, 3.63) is 0 Å². The summed E-state index contributed by atoms with van der Waals surface area (Å²) in [5.41, 5.74) is 0. The molecule has 0 aliphatic heterocycles. The van der Waals surface area contributed by atoms with E-state index < -0.39 is 0 Å².